The molecule has 3 fully saturated rings. The van der Waals surface area contributed by atoms with Crippen LogP contribution < -0.4 is 5.73 Å². The number of carbonyl (C=O) groups is 1. The average molecular weight is 776 g/mol. The Kier molecular flexibility index (Phi) is 12.9. The van der Waals surface area contributed by atoms with E-state index in [1.807, 2.05) is 58.2 Å². The van der Waals surface area contributed by atoms with Crippen molar-refractivity contribution < 1.29 is 28.9 Å². The van der Waals surface area contributed by atoms with Crippen molar-refractivity contribution in [1.29, 1.82) is 0 Å². The molecule has 5 aromatic rings. The van der Waals surface area contributed by atoms with Gasteiger partial charge in [-0.3, -0.25) is 19.7 Å². The molecule has 3 aliphatic heterocycles. The normalized spacial score (nSPS) is 19.9. The second-order valence-electron chi connectivity index (χ2n) is 15.6. The first-order valence-electron chi connectivity index (χ1n) is 20.2. The molecule has 3 aliphatic rings. The van der Waals surface area contributed by atoms with E-state index in [1.165, 1.54) is 0 Å². The van der Waals surface area contributed by atoms with Crippen LogP contribution in [0.1, 0.15) is 67.0 Å². The summed E-state index contributed by atoms with van der Waals surface area (Å²) in [6.45, 7) is 7.16. The van der Waals surface area contributed by atoms with Crippen molar-refractivity contribution in [2.75, 3.05) is 45.0 Å². The largest absolute Gasteiger partial charge is 0.466 e. The third kappa shape index (κ3) is 9.00. The second kappa shape index (κ2) is 18.2. The van der Waals surface area contributed by atoms with Crippen LogP contribution in [0.5, 0.6) is 0 Å². The summed E-state index contributed by atoms with van der Waals surface area (Å²) in [5.41, 5.74) is 5.62. The van der Waals surface area contributed by atoms with Crippen LogP contribution in [0.3, 0.4) is 0 Å². The molecule has 0 aromatic carbocycles. The number of nitrogens with two attached hydrogens (primary N) is 1. The number of furan rings is 2. The molecule has 13 nitrogen and oxygen atoms in total. The number of amides is 1. The molecule has 0 bridgehead atoms. The third-order valence-corrected chi connectivity index (χ3v) is 12.1. The van der Waals surface area contributed by atoms with Crippen LogP contribution in [0.2, 0.25) is 6.82 Å². The third-order valence-electron chi connectivity index (χ3n) is 12.1. The summed E-state index contributed by atoms with van der Waals surface area (Å²) in [7, 11) is -0.451. The zero-order valence-electron chi connectivity index (χ0n) is 32.6. The van der Waals surface area contributed by atoms with Crippen LogP contribution in [0.4, 0.5) is 5.82 Å². The quantitative estimate of drug-likeness (QED) is 0.143. The van der Waals surface area contributed by atoms with Gasteiger partial charge in [0.05, 0.1) is 23.9 Å². The number of aliphatic hydroxyl groups is 2. The Bertz CT molecular complexity index is 1970. The molecule has 2 atom stereocenters. The minimum Gasteiger partial charge on any atom is -0.466 e. The second-order valence-corrected chi connectivity index (χ2v) is 15.6. The molecule has 8 rings (SSSR count). The van der Waals surface area contributed by atoms with E-state index in [0.717, 1.165) is 64.0 Å². The van der Waals surface area contributed by atoms with Gasteiger partial charge in [-0.15, -0.1) is 0 Å². The fraction of sp³-hybridized carbons (Fsp3) is 0.442. The fourth-order valence-corrected chi connectivity index (χ4v) is 8.90. The Morgan fingerprint density at radius 2 is 1.28 bits per heavy atom. The van der Waals surface area contributed by atoms with Gasteiger partial charge in [0.15, 0.2) is 11.2 Å². The van der Waals surface area contributed by atoms with Crippen molar-refractivity contribution in [1.82, 2.24) is 29.6 Å². The molecular formula is C43H54BN7O6. The van der Waals surface area contributed by atoms with Crippen LogP contribution in [-0.2, 0) is 22.5 Å². The molecule has 3 saturated heterocycles. The lowest BCUT2D eigenvalue weighted by molar-refractivity contribution is -0.140. The summed E-state index contributed by atoms with van der Waals surface area (Å²) in [5.74, 6) is 1.80. The number of anilines is 1. The number of aromatic nitrogens is 3. The number of rotatable bonds is 10. The van der Waals surface area contributed by atoms with Crippen LogP contribution in [-0.4, -0.2) is 97.0 Å². The maximum Gasteiger partial charge on any atom is 0.376 e. The number of piperidine rings is 3. The summed E-state index contributed by atoms with van der Waals surface area (Å²) >= 11 is 0. The highest BCUT2D eigenvalue weighted by molar-refractivity contribution is 6.45. The Hall–Kier alpha value is -4.86. The van der Waals surface area contributed by atoms with Crippen molar-refractivity contribution in [3.05, 3.63) is 132 Å². The van der Waals surface area contributed by atoms with Crippen molar-refractivity contribution in [2.24, 2.45) is 17.8 Å². The van der Waals surface area contributed by atoms with Gasteiger partial charge in [-0.05, 0) is 138 Å². The van der Waals surface area contributed by atoms with Gasteiger partial charge in [0, 0.05) is 56.0 Å². The van der Waals surface area contributed by atoms with Crippen molar-refractivity contribution >= 4 is 18.8 Å². The van der Waals surface area contributed by atoms with E-state index in [1.54, 1.807) is 62.2 Å². The minimum absolute atomic E-state index is 0.00329. The van der Waals surface area contributed by atoms with Crippen molar-refractivity contribution in [2.45, 2.75) is 63.1 Å². The molecule has 0 aliphatic carbocycles. The monoisotopic (exact) mass is 775 g/mol. The molecule has 14 heteroatoms. The van der Waals surface area contributed by atoms with Gasteiger partial charge < -0.3 is 39.5 Å². The van der Waals surface area contributed by atoms with Crippen LogP contribution in [0.25, 0.3) is 0 Å². The molecule has 300 valence electrons. The number of hydrogen-bond donors (Lipinski definition) is 4. The Morgan fingerprint density at radius 1 is 0.737 bits per heavy atom. The molecule has 1 amide bonds. The summed E-state index contributed by atoms with van der Waals surface area (Å²) in [4.78, 5) is 32.5. The zero-order chi connectivity index (χ0) is 39.8. The molecule has 0 saturated carbocycles. The predicted molar refractivity (Wildman–Crippen MR) is 216 cm³/mol. The Balaban J connectivity index is 0.000000194. The number of likely N-dealkylation sites (tertiary alicyclic amines) is 2. The van der Waals surface area contributed by atoms with Gasteiger partial charge in [-0.2, -0.15) is 0 Å². The van der Waals surface area contributed by atoms with E-state index in [0.29, 0.717) is 54.7 Å². The lowest BCUT2D eigenvalue weighted by Crippen LogP contribution is -2.49. The first-order valence-corrected chi connectivity index (χ1v) is 20.2. The molecule has 8 heterocycles. The lowest BCUT2D eigenvalue weighted by atomic mass is 9.73. The Labute approximate surface area is 334 Å². The van der Waals surface area contributed by atoms with Gasteiger partial charge in [0.1, 0.15) is 17.3 Å². The fourth-order valence-electron chi connectivity index (χ4n) is 8.90. The van der Waals surface area contributed by atoms with Gasteiger partial charge in [-0.25, -0.2) is 4.98 Å². The topological polar surface area (TPSA) is 178 Å². The highest BCUT2D eigenvalue weighted by Gasteiger charge is 2.47. The van der Waals surface area contributed by atoms with Gasteiger partial charge in [0.2, 0.25) is 5.91 Å². The maximum absolute atomic E-state index is 13.3. The van der Waals surface area contributed by atoms with Gasteiger partial charge in [0.25, 0.3) is 0 Å². The molecule has 0 spiro atoms. The van der Waals surface area contributed by atoms with Gasteiger partial charge >= 0.3 is 7.05 Å². The van der Waals surface area contributed by atoms with Crippen LogP contribution >= 0.6 is 0 Å². The summed E-state index contributed by atoms with van der Waals surface area (Å²) < 4.78 is 11.2. The van der Waals surface area contributed by atoms with Crippen LogP contribution in [0, 0.1) is 17.8 Å². The van der Waals surface area contributed by atoms with E-state index in [9.17, 15) is 20.0 Å². The summed E-state index contributed by atoms with van der Waals surface area (Å²) in [5, 5.41) is 33.0. The maximum atomic E-state index is 13.3. The number of carbonyl (C=O) groups excluding carboxylic acids is 1. The minimum atomic E-state index is -1.30. The standard InChI is InChI=1S/C27H33N5O3.C16H21BN2O3/c28-25-18-20(6-12-30-25)19-31-13-7-21(8-14-31)26(33)32-15-9-22(10-16-32)27(34,24-5-3-17-35-24)23-4-1-2-11-29-23;1-17(21)19-10-7-13(8-11-19)16(20,15-6-4-12-22-15)14-5-2-3-9-18-14/h1-6,11-12,17-18,21-22,34H,7-10,13-16,19H2,(H2,28,30);2-6,9,12-13,20-21H,7-8,10-11H2,1H3. The number of pyridine rings is 3. The Morgan fingerprint density at radius 3 is 1.74 bits per heavy atom. The molecule has 2 unspecified atom stereocenters. The molecule has 5 aromatic heterocycles. The first-order chi connectivity index (χ1) is 27.7. The zero-order valence-corrected chi connectivity index (χ0v) is 32.6. The number of nitrogen functional groups attached to an aromatic ring is 1. The average Bonchev–Trinajstić information content (AvgIpc) is 4.01. The molecule has 57 heavy (non-hydrogen) atoms. The van der Waals surface area contributed by atoms with Crippen molar-refractivity contribution in [3.8, 4) is 0 Å². The first kappa shape index (κ1) is 40.3. The number of nitrogens with zero attached hydrogens (tertiary/aromatic N) is 6. The van der Waals surface area contributed by atoms with E-state index in [-0.39, 0.29) is 23.7 Å². The summed E-state index contributed by atoms with van der Waals surface area (Å²) in [6, 6.07) is 22.2. The SMILES string of the molecule is CB(O)N1CCC(C(O)(c2ccccn2)c2ccco2)CC1.Nc1cc(CN2CCC(C(=O)N3CCC(C(O)(c4ccccn4)c4ccco4)CC3)CC2)ccn1. The van der Waals surface area contributed by atoms with Crippen LogP contribution in [0.15, 0.2) is 113 Å². The highest BCUT2D eigenvalue weighted by Crippen LogP contribution is 2.43. The van der Waals surface area contributed by atoms with Crippen molar-refractivity contribution in [3.63, 3.8) is 0 Å². The predicted octanol–water partition coefficient (Wildman–Crippen LogP) is 4.77. The summed E-state index contributed by atoms with van der Waals surface area (Å²) in [6.07, 6.45) is 13.0. The van der Waals surface area contributed by atoms with E-state index < -0.39 is 18.3 Å². The van der Waals surface area contributed by atoms with E-state index in [4.69, 9.17) is 14.6 Å². The van der Waals surface area contributed by atoms with E-state index in [2.05, 4.69) is 19.9 Å². The molecular weight excluding hydrogens is 721 g/mol. The van der Waals surface area contributed by atoms with E-state index >= 15 is 0 Å². The number of hydrogen-bond acceptors (Lipinski definition) is 12. The molecule has 5 N–H and O–H groups in total. The van der Waals surface area contributed by atoms with Gasteiger partial charge in [-0.1, -0.05) is 12.1 Å². The highest BCUT2D eigenvalue weighted by atomic mass is 16.4. The lowest BCUT2D eigenvalue weighted by Gasteiger charge is -2.41. The molecule has 0 radical (unpaired) electrons. The smallest absolute Gasteiger partial charge is 0.376 e.